The van der Waals surface area contributed by atoms with Gasteiger partial charge in [0, 0.05) is 28.7 Å². The number of hydrogen-bond acceptors (Lipinski definition) is 6. The molecule has 0 bridgehead atoms. The number of nitrogens with one attached hydrogen (secondary N) is 1. The number of aromatic nitrogens is 4. The van der Waals surface area contributed by atoms with Gasteiger partial charge in [-0.25, -0.2) is 4.68 Å². The molecule has 1 aromatic carbocycles. The fourth-order valence-electron chi connectivity index (χ4n) is 1.93. The van der Waals surface area contributed by atoms with Gasteiger partial charge < -0.3 is 11.2 Å². The minimum absolute atomic E-state index is 0.161. The number of anilines is 1. The maximum Gasteiger partial charge on any atom is 0.234 e. The van der Waals surface area contributed by atoms with Gasteiger partial charge in [-0.3, -0.25) is 9.78 Å². The Morgan fingerprint density at radius 3 is 2.58 bits per heavy atom. The Bertz CT molecular complexity index is 837. The van der Waals surface area contributed by atoms with Crippen LogP contribution >= 0.6 is 23.4 Å². The Balaban J connectivity index is 1.62. The standard InChI is InChI=1S/C15H13ClN6OS/c16-11-1-3-12(4-2-11)19-13(23)9-24-15-21-20-14(22(15)17)10-5-7-18-8-6-10/h1-8H,9,17H2,(H,19,23). The van der Waals surface area contributed by atoms with Gasteiger partial charge in [-0.1, -0.05) is 23.4 Å². The Morgan fingerprint density at radius 1 is 1.17 bits per heavy atom. The zero-order chi connectivity index (χ0) is 16.9. The molecule has 2 heterocycles. The minimum Gasteiger partial charge on any atom is -0.335 e. The highest BCUT2D eigenvalue weighted by molar-refractivity contribution is 7.99. The van der Waals surface area contributed by atoms with Gasteiger partial charge >= 0.3 is 0 Å². The van der Waals surface area contributed by atoms with Crippen LogP contribution in [-0.4, -0.2) is 31.5 Å². The highest BCUT2D eigenvalue weighted by Crippen LogP contribution is 2.21. The third-order valence-electron chi connectivity index (χ3n) is 3.06. The number of pyridine rings is 1. The van der Waals surface area contributed by atoms with Gasteiger partial charge in [0.05, 0.1) is 5.75 Å². The largest absolute Gasteiger partial charge is 0.335 e. The van der Waals surface area contributed by atoms with Gasteiger partial charge in [-0.05, 0) is 36.4 Å². The SMILES string of the molecule is Nn1c(SCC(=O)Nc2ccc(Cl)cc2)nnc1-c1ccncc1. The molecule has 0 saturated carbocycles. The van der Waals surface area contributed by atoms with Crippen molar-refractivity contribution < 1.29 is 4.79 Å². The molecule has 24 heavy (non-hydrogen) atoms. The number of hydrogen-bond donors (Lipinski definition) is 2. The van der Waals surface area contributed by atoms with E-state index >= 15 is 0 Å². The molecule has 0 atom stereocenters. The Kier molecular flexibility index (Phi) is 4.97. The van der Waals surface area contributed by atoms with Crippen LogP contribution in [-0.2, 0) is 4.79 Å². The van der Waals surface area contributed by atoms with Crippen LogP contribution in [0.25, 0.3) is 11.4 Å². The normalized spacial score (nSPS) is 10.5. The average molecular weight is 361 g/mol. The van der Waals surface area contributed by atoms with E-state index in [-0.39, 0.29) is 11.7 Å². The number of thioether (sulfide) groups is 1. The second-order valence-electron chi connectivity index (χ2n) is 4.76. The van der Waals surface area contributed by atoms with Crippen LogP contribution in [0.5, 0.6) is 0 Å². The number of carbonyl (C=O) groups is 1. The van der Waals surface area contributed by atoms with Crippen LogP contribution in [0.15, 0.2) is 53.9 Å². The fourth-order valence-corrected chi connectivity index (χ4v) is 2.72. The van der Waals surface area contributed by atoms with Crippen LogP contribution < -0.4 is 11.2 Å². The van der Waals surface area contributed by atoms with Crippen molar-refractivity contribution in [2.75, 3.05) is 16.9 Å². The summed E-state index contributed by atoms with van der Waals surface area (Å²) in [5.74, 6) is 6.50. The molecule has 3 rings (SSSR count). The van der Waals surface area contributed by atoms with Gasteiger partial charge in [-0.15, -0.1) is 10.2 Å². The molecule has 0 radical (unpaired) electrons. The van der Waals surface area contributed by atoms with Crippen molar-refractivity contribution in [2.45, 2.75) is 5.16 Å². The molecular weight excluding hydrogens is 348 g/mol. The molecule has 0 unspecified atom stereocenters. The molecule has 122 valence electrons. The molecular formula is C15H13ClN6OS. The van der Waals surface area contributed by atoms with Crippen LogP contribution in [0.4, 0.5) is 5.69 Å². The van der Waals surface area contributed by atoms with Gasteiger partial charge in [0.1, 0.15) is 0 Å². The molecule has 0 aliphatic carbocycles. The second-order valence-corrected chi connectivity index (χ2v) is 6.13. The number of nitrogens with zero attached hydrogens (tertiary/aromatic N) is 4. The number of amides is 1. The average Bonchev–Trinajstić information content (AvgIpc) is 2.97. The number of halogens is 1. The van der Waals surface area contributed by atoms with E-state index in [0.29, 0.717) is 21.7 Å². The summed E-state index contributed by atoms with van der Waals surface area (Å²) in [6.45, 7) is 0. The second kappa shape index (κ2) is 7.33. The van der Waals surface area contributed by atoms with E-state index in [1.54, 1.807) is 48.8 Å². The highest BCUT2D eigenvalue weighted by atomic mass is 35.5. The lowest BCUT2D eigenvalue weighted by Gasteiger charge is -2.05. The monoisotopic (exact) mass is 360 g/mol. The maximum atomic E-state index is 12.0. The molecule has 2 aromatic heterocycles. The van der Waals surface area contributed by atoms with Crippen LogP contribution in [0, 0.1) is 0 Å². The van der Waals surface area contributed by atoms with Crippen molar-refractivity contribution in [3.8, 4) is 11.4 Å². The zero-order valence-corrected chi connectivity index (χ0v) is 14.0. The first-order valence-electron chi connectivity index (χ1n) is 6.92. The summed E-state index contributed by atoms with van der Waals surface area (Å²) in [7, 11) is 0. The first kappa shape index (κ1) is 16.3. The molecule has 0 aliphatic heterocycles. The summed E-state index contributed by atoms with van der Waals surface area (Å²) < 4.78 is 1.36. The van der Waals surface area contributed by atoms with Gasteiger partial charge in [0.15, 0.2) is 5.82 Å². The van der Waals surface area contributed by atoms with Crippen molar-refractivity contribution in [3.05, 3.63) is 53.8 Å². The van der Waals surface area contributed by atoms with Gasteiger partial charge in [0.2, 0.25) is 11.1 Å². The van der Waals surface area contributed by atoms with Gasteiger partial charge in [-0.2, -0.15) is 0 Å². The maximum absolute atomic E-state index is 12.0. The summed E-state index contributed by atoms with van der Waals surface area (Å²) in [5, 5.41) is 11.9. The van der Waals surface area contributed by atoms with E-state index < -0.39 is 0 Å². The van der Waals surface area contributed by atoms with E-state index in [1.807, 2.05) is 0 Å². The third-order valence-corrected chi connectivity index (χ3v) is 4.26. The lowest BCUT2D eigenvalue weighted by atomic mass is 10.2. The molecule has 0 aliphatic rings. The van der Waals surface area contributed by atoms with E-state index in [2.05, 4.69) is 20.5 Å². The lowest BCUT2D eigenvalue weighted by molar-refractivity contribution is -0.113. The predicted molar refractivity (Wildman–Crippen MR) is 94.2 cm³/mol. The van der Waals surface area contributed by atoms with Crippen molar-refractivity contribution >= 4 is 35.0 Å². The van der Waals surface area contributed by atoms with Crippen LogP contribution in [0.1, 0.15) is 0 Å². The number of nitrogens with two attached hydrogens (primary N) is 1. The quantitative estimate of drug-likeness (QED) is 0.535. The van der Waals surface area contributed by atoms with Crippen molar-refractivity contribution in [2.24, 2.45) is 0 Å². The highest BCUT2D eigenvalue weighted by Gasteiger charge is 2.13. The molecule has 3 aromatic rings. The van der Waals surface area contributed by atoms with Crippen molar-refractivity contribution in [1.29, 1.82) is 0 Å². The molecule has 3 N–H and O–H groups in total. The third kappa shape index (κ3) is 3.84. The molecule has 9 heteroatoms. The fraction of sp³-hybridized carbons (Fsp3) is 0.0667. The topological polar surface area (TPSA) is 98.7 Å². The smallest absolute Gasteiger partial charge is 0.234 e. The van der Waals surface area contributed by atoms with E-state index in [9.17, 15) is 4.79 Å². The molecule has 7 nitrogen and oxygen atoms in total. The first-order chi connectivity index (χ1) is 11.6. The number of carbonyl (C=O) groups excluding carboxylic acids is 1. The van der Waals surface area contributed by atoms with E-state index in [0.717, 1.165) is 5.56 Å². The van der Waals surface area contributed by atoms with Gasteiger partial charge in [0.25, 0.3) is 0 Å². The summed E-state index contributed by atoms with van der Waals surface area (Å²) in [6.07, 6.45) is 3.30. The Morgan fingerprint density at radius 2 is 1.88 bits per heavy atom. The Labute approximate surface area is 147 Å². The number of nitrogen functional groups attached to an aromatic ring is 1. The van der Waals surface area contributed by atoms with Crippen molar-refractivity contribution in [3.63, 3.8) is 0 Å². The summed E-state index contributed by atoms with van der Waals surface area (Å²) in [5.41, 5.74) is 1.48. The summed E-state index contributed by atoms with van der Waals surface area (Å²) in [6, 6.07) is 10.5. The lowest BCUT2D eigenvalue weighted by Crippen LogP contribution is -2.16. The predicted octanol–water partition coefficient (Wildman–Crippen LogP) is 2.44. The van der Waals surface area contributed by atoms with Crippen molar-refractivity contribution in [1.82, 2.24) is 19.9 Å². The minimum atomic E-state index is -0.171. The summed E-state index contributed by atoms with van der Waals surface area (Å²) in [4.78, 5) is 15.9. The first-order valence-corrected chi connectivity index (χ1v) is 8.29. The number of rotatable bonds is 5. The number of benzene rings is 1. The molecule has 0 saturated heterocycles. The molecule has 0 fully saturated rings. The van der Waals surface area contributed by atoms with Crippen LogP contribution in [0.3, 0.4) is 0 Å². The molecule has 1 amide bonds. The summed E-state index contributed by atoms with van der Waals surface area (Å²) >= 11 is 7.01. The van der Waals surface area contributed by atoms with E-state index in [1.165, 1.54) is 16.4 Å². The van der Waals surface area contributed by atoms with Crippen LogP contribution in [0.2, 0.25) is 5.02 Å². The zero-order valence-electron chi connectivity index (χ0n) is 12.4. The molecule has 0 spiro atoms. The van der Waals surface area contributed by atoms with E-state index in [4.69, 9.17) is 17.4 Å². The Hall–Kier alpha value is -2.58.